The van der Waals surface area contributed by atoms with E-state index < -0.39 is 0 Å². The monoisotopic (exact) mass is 355 g/mol. The number of amides is 1. The molecule has 0 unspecified atom stereocenters. The van der Waals surface area contributed by atoms with E-state index in [0.717, 1.165) is 5.56 Å². The number of benzene rings is 1. The molecule has 2 aromatic heterocycles. The van der Waals surface area contributed by atoms with Crippen LogP contribution < -0.4 is 5.56 Å². The first kappa shape index (κ1) is 16.0. The molecule has 0 atom stereocenters. The molecule has 3 aromatic rings. The summed E-state index contributed by atoms with van der Waals surface area (Å²) in [5, 5.41) is 0.592. The van der Waals surface area contributed by atoms with E-state index in [1.54, 1.807) is 33.3 Å². The van der Waals surface area contributed by atoms with E-state index in [9.17, 15) is 9.59 Å². The molecule has 128 valence electrons. The number of fused-ring (bicyclic) bond motifs is 1. The number of aromatic nitrogens is 2. The van der Waals surface area contributed by atoms with Gasteiger partial charge in [-0.25, -0.2) is 8.94 Å². The summed E-state index contributed by atoms with van der Waals surface area (Å²) in [5.41, 5.74) is 2.10. The predicted octanol–water partition coefficient (Wildman–Crippen LogP) is 2.23. The van der Waals surface area contributed by atoms with E-state index in [2.05, 4.69) is 4.98 Å². The van der Waals surface area contributed by atoms with Crippen molar-refractivity contribution >= 4 is 27.7 Å². The minimum atomic E-state index is -0.110. The van der Waals surface area contributed by atoms with Crippen molar-refractivity contribution in [1.82, 2.24) is 13.8 Å². The van der Waals surface area contributed by atoms with Gasteiger partial charge >= 0.3 is 0 Å². The molecule has 0 radical (unpaired) electrons. The van der Waals surface area contributed by atoms with E-state index >= 15 is 0 Å². The molecule has 1 aliphatic heterocycles. The molecule has 1 fully saturated rings. The van der Waals surface area contributed by atoms with Crippen LogP contribution in [0.5, 0.6) is 0 Å². The molecule has 1 aliphatic rings. The van der Waals surface area contributed by atoms with Crippen molar-refractivity contribution in [2.24, 2.45) is 0 Å². The largest absolute Gasteiger partial charge is 0.378 e. The third kappa shape index (κ3) is 2.85. The topological polar surface area (TPSA) is 64.4 Å². The van der Waals surface area contributed by atoms with Gasteiger partial charge < -0.3 is 9.64 Å². The van der Waals surface area contributed by atoms with Gasteiger partial charge in [0.2, 0.25) is 0 Å². The zero-order chi connectivity index (χ0) is 17.4. The average Bonchev–Trinajstić information content (AvgIpc) is 2.99. The van der Waals surface area contributed by atoms with Crippen molar-refractivity contribution in [3.05, 3.63) is 58.0 Å². The highest BCUT2D eigenvalue weighted by Crippen LogP contribution is 2.21. The Labute approximate surface area is 148 Å². The molecule has 25 heavy (non-hydrogen) atoms. The van der Waals surface area contributed by atoms with Crippen molar-refractivity contribution < 1.29 is 9.53 Å². The van der Waals surface area contributed by atoms with Crippen LogP contribution in [-0.2, 0) is 4.74 Å². The minimum Gasteiger partial charge on any atom is -0.378 e. The summed E-state index contributed by atoms with van der Waals surface area (Å²) in [5.74, 6) is -0.0186. The zero-order valence-electron chi connectivity index (χ0n) is 13.8. The standard InChI is InChI=1S/C18H17N3O3S/c1-12-4-5-13(11-15(12)17(22)20-7-9-24-10-8-20)21-18(23)14-3-2-6-19-16(14)25-21/h2-6,11H,7-10H2,1H3. The van der Waals surface area contributed by atoms with Crippen LogP contribution in [0.1, 0.15) is 15.9 Å². The summed E-state index contributed by atoms with van der Waals surface area (Å²) < 4.78 is 6.90. The van der Waals surface area contributed by atoms with Crippen LogP contribution >= 0.6 is 11.5 Å². The molecule has 0 spiro atoms. The number of nitrogens with zero attached hydrogens (tertiary/aromatic N) is 3. The Bertz CT molecular complexity index is 1000. The summed E-state index contributed by atoms with van der Waals surface area (Å²) >= 11 is 1.29. The molecule has 4 rings (SSSR count). The maximum Gasteiger partial charge on any atom is 0.274 e. The second-order valence-corrected chi connectivity index (χ2v) is 6.89. The van der Waals surface area contributed by atoms with Crippen molar-refractivity contribution in [2.45, 2.75) is 6.92 Å². The first-order valence-electron chi connectivity index (χ1n) is 8.10. The van der Waals surface area contributed by atoms with Gasteiger partial charge in [-0.3, -0.25) is 9.59 Å². The number of hydrogen-bond acceptors (Lipinski definition) is 5. The fraction of sp³-hybridized carbons (Fsp3) is 0.278. The number of pyridine rings is 1. The summed E-state index contributed by atoms with van der Waals surface area (Å²) in [7, 11) is 0. The van der Waals surface area contributed by atoms with Gasteiger partial charge in [0.25, 0.3) is 11.5 Å². The molecular weight excluding hydrogens is 338 g/mol. The normalized spacial score (nSPS) is 14.8. The van der Waals surface area contributed by atoms with Crippen LogP contribution in [0, 0.1) is 6.92 Å². The number of ether oxygens (including phenoxy) is 1. The first-order chi connectivity index (χ1) is 12.1. The summed E-state index contributed by atoms with van der Waals surface area (Å²) in [6.45, 7) is 4.22. The molecule has 0 N–H and O–H groups in total. The number of rotatable bonds is 2. The van der Waals surface area contributed by atoms with Crippen LogP contribution in [-0.4, -0.2) is 46.1 Å². The molecule has 0 bridgehead atoms. The van der Waals surface area contributed by atoms with Crippen LogP contribution in [0.2, 0.25) is 0 Å². The number of hydrogen-bond donors (Lipinski definition) is 0. The molecule has 6 nitrogen and oxygen atoms in total. The van der Waals surface area contributed by atoms with Gasteiger partial charge in [-0.15, -0.1) is 0 Å². The van der Waals surface area contributed by atoms with E-state index in [1.165, 1.54) is 11.5 Å². The molecule has 0 saturated carbocycles. The van der Waals surface area contributed by atoms with Crippen LogP contribution in [0.25, 0.3) is 15.9 Å². The quantitative estimate of drug-likeness (QED) is 0.707. The van der Waals surface area contributed by atoms with Gasteiger partial charge in [-0.05, 0) is 48.3 Å². The molecular formula is C18H17N3O3S. The second-order valence-electron chi connectivity index (χ2n) is 5.95. The lowest BCUT2D eigenvalue weighted by Crippen LogP contribution is -2.41. The fourth-order valence-corrected chi connectivity index (χ4v) is 3.87. The van der Waals surface area contributed by atoms with E-state index in [1.807, 2.05) is 19.1 Å². The van der Waals surface area contributed by atoms with Crippen molar-refractivity contribution in [2.75, 3.05) is 26.3 Å². The lowest BCUT2D eigenvalue weighted by atomic mass is 10.1. The molecule has 1 aromatic carbocycles. The van der Waals surface area contributed by atoms with Gasteiger partial charge in [0.15, 0.2) is 0 Å². The van der Waals surface area contributed by atoms with Crippen molar-refractivity contribution in [3.63, 3.8) is 0 Å². The summed E-state index contributed by atoms with van der Waals surface area (Å²) in [6.07, 6.45) is 1.67. The van der Waals surface area contributed by atoms with Gasteiger partial charge in [0.1, 0.15) is 4.83 Å². The van der Waals surface area contributed by atoms with Gasteiger partial charge in [0, 0.05) is 24.8 Å². The molecule has 1 saturated heterocycles. The summed E-state index contributed by atoms with van der Waals surface area (Å²) in [4.78, 5) is 32.2. The van der Waals surface area contributed by atoms with Crippen LogP contribution in [0.3, 0.4) is 0 Å². The smallest absolute Gasteiger partial charge is 0.274 e. The Balaban J connectivity index is 1.77. The summed E-state index contributed by atoms with van der Waals surface area (Å²) in [6, 6.07) is 9.06. The van der Waals surface area contributed by atoms with Crippen molar-refractivity contribution in [1.29, 1.82) is 0 Å². The van der Waals surface area contributed by atoms with Crippen LogP contribution in [0.15, 0.2) is 41.3 Å². The Kier molecular flexibility index (Phi) is 4.10. The van der Waals surface area contributed by atoms with Crippen molar-refractivity contribution in [3.8, 4) is 5.69 Å². The third-order valence-electron chi connectivity index (χ3n) is 4.35. The zero-order valence-corrected chi connectivity index (χ0v) is 14.6. The van der Waals surface area contributed by atoms with E-state index in [-0.39, 0.29) is 11.5 Å². The lowest BCUT2D eigenvalue weighted by Gasteiger charge is -2.27. The maximum absolute atomic E-state index is 12.8. The second kappa shape index (κ2) is 6.42. The average molecular weight is 355 g/mol. The predicted molar refractivity (Wildman–Crippen MR) is 96.7 cm³/mol. The Morgan fingerprint density at radius 1 is 1.24 bits per heavy atom. The molecule has 7 heteroatoms. The highest BCUT2D eigenvalue weighted by molar-refractivity contribution is 7.13. The van der Waals surface area contributed by atoms with Gasteiger partial charge in [-0.2, -0.15) is 0 Å². The Morgan fingerprint density at radius 2 is 2.04 bits per heavy atom. The van der Waals surface area contributed by atoms with E-state index in [4.69, 9.17) is 4.74 Å². The number of carbonyl (C=O) groups excluding carboxylic acids is 1. The Hall–Kier alpha value is -2.51. The van der Waals surface area contributed by atoms with E-state index in [0.29, 0.717) is 47.8 Å². The first-order valence-corrected chi connectivity index (χ1v) is 8.87. The SMILES string of the molecule is Cc1ccc(-n2sc3ncccc3c2=O)cc1C(=O)N1CCOCC1. The number of carbonyl (C=O) groups is 1. The van der Waals surface area contributed by atoms with Gasteiger partial charge in [0.05, 0.1) is 24.3 Å². The third-order valence-corrected chi connectivity index (χ3v) is 5.41. The minimum absolute atomic E-state index is 0.0186. The fourth-order valence-electron chi connectivity index (χ4n) is 2.94. The maximum atomic E-state index is 12.8. The molecule has 1 amide bonds. The highest BCUT2D eigenvalue weighted by Gasteiger charge is 2.21. The molecule has 0 aliphatic carbocycles. The number of morpholine rings is 1. The number of aryl methyl sites for hydroxylation is 1. The highest BCUT2D eigenvalue weighted by atomic mass is 32.1. The Morgan fingerprint density at radius 3 is 2.80 bits per heavy atom. The lowest BCUT2D eigenvalue weighted by molar-refractivity contribution is 0.0302. The van der Waals surface area contributed by atoms with Crippen LogP contribution in [0.4, 0.5) is 0 Å². The van der Waals surface area contributed by atoms with Gasteiger partial charge in [-0.1, -0.05) is 6.07 Å². The molecule has 3 heterocycles.